The monoisotopic (exact) mass is 353 g/mol. The van der Waals surface area contributed by atoms with Crippen LogP contribution >= 0.6 is 0 Å². The minimum absolute atomic E-state index is 0.137. The van der Waals surface area contributed by atoms with Gasteiger partial charge >= 0.3 is 0 Å². The molecule has 6 heteroatoms. The SMILES string of the molecule is CC(=O)Nc1ccc(C)c(NC(=O)CCCNC(=O)c2ccccc2)c1. The Balaban J connectivity index is 1.78. The Hall–Kier alpha value is -3.15. The van der Waals surface area contributed by atoms with E-state index in [9.17, 15) is 14.4 Å². The lowest BCUT2D eigenvalue weighted by atomic mass is 10.1. The van der Waals surface area contributed by atoms with E-state index in [0.29, 0.717) is 36.3 Å². The number of carbonyl (C=O) groups is 3. The summed E-state index contributed by atoms with van der Waals surface area (Å²) < 4.78 is 0. The van der Waals surface area contributed by atoms with Gasteiger partial charge in [-0.2, -0.15) is 0 Å². The van der Waals surface area contributed by atoms with Gasteiger partial charge in [0.25, 0.3) is 5.91 Å². The largest absolute Gasteiger partial charge is 0.352 e. The summed E-state index contributed by atoms with van der Waals surface area (Å²) in [5.74, 6) is -0.452. The van der Waals surface area contributed by atoms with Crippen molar-refractivity contribution in [3.8, 4) is 0 Å². The molecule has 2 rings (SSSR count). The number of carbonyl (C=O) groups excluding carboxylic acids is 3. The van der Waals surface area contributed by atoms with Crippen LogP contribution in [-0.2, 0) is 9.59 Å². The van der Waals surface area contributed by atoms with Crippen molar-refractivity contribution in [2.24, 2.45) is 0 Å². The molecule has 0 fully saturated rings. The van der Waals surface area contributed by atoms with Crippen molar-refractivity contribution in [3.05, 3.63) is 59.7 Å². The highest BCUT2D eigenvalue weighted by molar-refractivity contribution is 5.95. The lowest BCUT2D eigenvalue weighted by Crippen LogP contribution is -2.25. The van der Waals surface area contributed by atoms with Gasteiger partial charge in [-0.1, -0.05) is 24.3 Å². The Labute approximate surface area is 153 Å². The van der Waals surface area contributed by atoms with Gasteiger partial charge in [0.15, 0.2) is 0 Å². The average Bonchev–Trinajstić information content (AvgIpc) is 2.61. The van der Waals surface area contributed by atoms with E-state index < -0.39 is 0 Å². The molecule has 0 radical (unpaired) electrons. The molecule has 0 aliphatic heterocycles. The van der Waals surface area contributed by atoms with Crippen molar-refractivity contribution in [2.45, 2.75) is 26.7 Å². The van der Waals surface area contributed by atoms with Gasteiger partial charge in [-0.05, 0) is 43.2 Å². The van der Waals surface area contributed by atoms with Crippen LogP contribution in [0.4, 0.5) is 11.4 Å². The van der Waals surface area contributed by atoms with Crippen LogP contribution in [0.25, 0.3) is 0 Å². The summed E-state index contributed by atoms with van der Waals surface area (Å²) in [6, 6.07) is 14.3. The molecule has 26 heavy (non-hydrogen) atoms. The van der Waals surface area contributed by atoms with Gasteiger partial charge in [-0.25, -0.2) is 0 Å². The number of amides is 3. The van der Waals surface area contributed by atoms with E-state index in [2.05, 4.69) is 16.0 Å². The van der Waals surface area contributed by atoms with Gasteiger partial charge in [0.1, 0.15) is 0 Å². The van der Waals surface area contributed by atoms with Gasteiger partial charge in [0.05, 0.1) is 0 Å². The van der Waals surface area contributed by atoms with Crippen molar-refractivity contribution in [2.75, 3.05) is 17.2 Å². The molecular formula is C20H23N3O3. The highest BCUT2D eigenvalue weighted by atomic mass is 16.2. The van der Waals surface area contributed by atoms with Gasteiger partial charge in [0, 0.05) is 36.8 Å². The first kappa shape index (κ1) is 19.2. The summed E-state index contributed by atoms with van der Waals surface area (Å²) in [5, 5.41) is 8.32. The lowest BCUT2D eigenvalue weighted by molar-refractivity contribution is -0.116. The standard InChI is InChI=1S/C20H23N3O3/c1-14-10-11-17(22-15(2)24)13-18(14)23-19(25)9-6-12-21-20(26)16-7-4-3-5-8-16/h3-5,7-8,10-11,13H,6,9,12H2,1-2H3,(H,21,26)(H,22,24)(H,23,25). The number of hydrogen-bond acceptors (Lipinski definition) is 3. The maximum Gasteiger partial charge on any atom is 0.251 e. The fraction of sp³-hybridized carbons (Fsp3) is 0.250. The number of aryl methyl sites for hydroxylation is 1. The third-order valence-corrected chi connectivity index (χ3v) is 3.73. The van der Waals surface area contributed by atoms with Crippen LogP contribution < -0.4 is 16.0 Å². The number of nitrogens with one attached hydrogen (secondary N) is 3. The highest BCUT2D eigenvalue weighted by Crippen LogP contribution is 2.20. The second-order valence-electron chi connectivity index (χ2n) is 5.98. The second kappa shape index (κ2) is 9.36. The van der Waals surface area contributed by atoms with E-state index >= 15 is 0 Å². The molecule has 0 bridgehead atoms. The molecule has 0 saturated carbocycles. The fourth-order valence-corrected chi connectivity index (χ4v) is 2.39. The van der Waals surface area contributed by atoms with Crippen molar-refractivity contribution < 1.29 is 14.4 Å². The van der Waals surface area contributed by atoms with Crippen molar-refractivity contribution in [1.29, 1.82) is 0 Å². The van der Waals surface area contributed by atoms with Crippen LogP contribution in [0.5, 0.6) is 0 Å². The normalized spacial score (nSPS) is 10.1. The molecule has 0 aliphatic rings. The summed E-state index contributed by atoms with van der Waals surface area (Å²) >= 11 is 0. The fourth-order valence-electron chi connectivity index (χ4n) is 2.39. The molecular weight excluding hydrogens is 330 g/mol. The van der Waals surface area contributed by atoms with Gasteiger partial charge in [0.2, 0.25) is 11.8 Å². The first-order valence-electron chi connectivity index (χ1n) is 8.47. The Kier molecular flexibility index (Phi) is 6.91. The summed E-state index contributed by atoms with van der Waals surface area (Å²) in [6.07, 6.45) is 0.827. The van der Waals surface area contributed by atoms with E-state index in [1.54, 1.807) is 36.4 Å². The Morgan fingerprint density at radius 2 is 1.69 bits per heavy atom. The van der Waals surface area contributed by atoms with Crippen molar-refractivity contribution >= 4 is 29.1 Å². The zero-order valence-electron chi connectivity index (χ0n) is 15.0. The first-order valence-corrected chi connectivity index (χ1v) is 8.47. The minimum Gasteiger partial charge on any atom is -0.352 e. The predicted molar refractivity (Wildman–Crippen MR) is 102 cm³/mol. The lowest BCUT2D eigenvalue weighted by Gasteiger charge is -2.11. The van der Waals surface area contributed by atoms with Crippen LogP contribution in [0.15, 0.2) is 48.5 Å². The molecule has 0 atom stereocenters. The number of anilines is 2. The van der Waals surface area contributed by atoms with Crippen LogP contribution in [-0.4, -0.2) is 24.3 Å². The van der Waals surface area contributed by atoms with Gasteiger partial charge in [-0.3, -0.25) is 14.4 Å². The van der Waals surface area contributed by atoms with Crippen molar-refractivity contribution in [1.82, 2.24) is 5.32 Å². The predicted octanol–water partition coefficient (Wildman–Crippen LogP) is 3.10. The highest BCUT2D eigenvalue weighted by Gasteiger charge is 2.08. The van der Waals surface area contributed by atoms with E-state index in [1.807, 2.05) is 19.1 Å². The molecule has 0 unspecified atom stereocenters. The molecule has 3 amide bonds. The summed E-state index contributed by atoms with van der Waals surface area (Å²) in [4.78, 5) is 35.1. The Morgan fingerprint density at radius 1 is 0.962 bits per heavy atom. The topological polar surface area (TPSA) is 87.3 Å². The van der Waals surface area contributed by atoms with Gasteiger partial charge < -0.3 is 16.0 Å². The number of rotatable bonds is 7. The maximum absolute atomic E-state index is 12.1. The quantitative estimate of drug-likeness (QED) is 0.669. The zero-order chi connectivity index (χ0) is 18.9. The van der Waals surface area contributed by atoms with E-state index in [1.165, 1.54) is 6.92 Å². The first-order chi connectivity index (χ1) is 12.5. The van der Waals surface area contributed by atoms with E-state index in [0.717, 1.165) is 5.56 Å². The number of hydrogen-bond donors (Lipinski definition) is 3. The molecule has 0 saturated heterocycles. The molecule has 2 aromatic carbocycles. The number of benzene rings is 2. The third-order valence-electron chi connectivity index (χ3n) is 3.73. The molecule has 136 valence electrons. The summed E-state index contributed by atoms with van der Waals surface area (Å²) in [7, 11) is 0. The Morgan fingerprint density at radius 3 is 2.38 bits per heavy atom. The molecule has 0 spiro atoms. The van der Waals surface area contributed by atoms with Crippen molar-refractivity contribution in [3.63, 3.8) is 0 Å². The molecule has 0 aliphatic carbocycles. The minimum atomic E-state index is -0.166. The second-order valence-corrected chi connectivity index (χ2v) is 5.98. The molecule has 6 nitrogen and oxygen atoms in total. The van der Waals surface area contributed by atoms with Crippen LogP contribution in [0.1, 0.15) is 35.7 Å². The molecule has 0 aromatic heterocycles. The maximum atomic E-state index is 12.1. The van der Waals surface area contributed by atoms with Gasteiger partial charge in [-0.15, -0.1) is 0 Å². The average molecular weight is 353 g/mol. The molecule has 0 heterocycles. The van der Waals surface area contributed by atoms with Crippen LogP contribution in [0.3, 0.4) is 0 Å². The van der Waals surface area contributed by atoms with E-state index in [4.69, 9.17) is 0 Å². The third kappa shape index (κ3) is 6.05. The molecule has 2 aromatic rings. The summed E-state index contributed by atoms with van der Waals surface area (Å²) in [5.41, 5.74) is 2.80. The zero-order valence-corrected chi connectivity index (χ0v) is 15.0. The van der Waals surface area contributed by atoms with E-state index in [-0.39, 0.29) is 17.7 Å². The van der Waals surface area contributed by atoms with Crippen LogP contribution in [0.2, 0.25) is 0 Å². The Bertz CT molecular complexity index is 788. The molecule has 3 N–H and O–H groups in total. The smallest absolute Gasteiger partial charge is 0.251 e. The summed E-state index contributed by atoms with van der Waals surface area (Å²) in [6.45, 7) is 3.74. The van der Waals surface area contributed by atoms with Crippen LogP contribution in [0, 0.1) is 6.92 Å².